The monoisotopic (exact) mass is 293 g/mol. The molecule has 2 rings (SSSR count). The van der Waals surface area contributed by atoms with E-state index in [1.165, 1.54) is 58.0 Å². The minimum absolute atomic E-state index is 0.579. The van der Waals surface area contributed by atoms with Crippen molar-refractivity contribution < 1.29 is 0 Å². The van der Waals surface area contributed by atoms with Gasteiger partial charge in [0.1, 0.15) is 0 Å². The van der Waals surface area contributed by atoms with Crippen LogP contribution in [0.5, 0.6) is 0 Å². The van der Waals surface area contributed by atoms with Crippen molar-refractivity contribution in [3.63, 3.8) is 0 Å². The molecule has 0 saturated heterocycles. The normalized spacial score (nSPS) is 40.1. The summed E-state index contributed by atoms with van der Waals surface area (Å²) in [7, 11) is 0. The molecule has 2 aliphatic carbocycles. The first kappa shape index (κ1) is 17.3. The van der Waals surface area contributed by atoms with E-state index < -0.39 is 0 Å². The molecule has 0 aliphatic heterocycles. The molecular formula is C20H39N. The highest BCUT2D eigenvalue weighted by molar-refractivity contribution is 4.91. The summed E-state index contributed by atoms with van der Waals surface area (Å²) in [6.45, 7) is 14.7. The van der Waals surface area contributed by atoms with Gasteiger partial charge in [-0.15, -0.1) is 0 Å². The number of nitrogens with one attached hydrogen (secondary N) is 1. The van der Waals surface area contributed by atoms with E-state index in [4.69, 9.17) is 0 Å². The molecule has 4 atom stereocenters. The lowest BCUT2D eigenvalue weighted by Crippen LogP contribution is -2.41. The SMILES string of the molecule is CCCNCC1CCC(C)(C)CC1C1CC(C)CC(C)C1. The van der Waals surface area contributed by atoms with E-state index in [0.29, 0.717) is 5.41 Å². The first-order chi connectivity index (χ1) is 9.91. The van der Waals surface area contributed by atoms with Crippen LogP contribution >= 0.6 is 0 Å². The van der Waals surface area contributed by atoms with Crippen molar-refractivity contribution >= 4 is 0 Å². The van der Waals surface area contributed by atoms with Crippen LogP contribution in [0.4, 0.5) is 0 Å². The quantitative estimate of drug-likeness (QED) is 0.660. The van der Waals surface area contributed by atoms with Crippen LogP contribution < -0.4 is 5.32 Å². The van der Waals surface area contributed by atoms with Gasteiger partial charge in [0.25, 0.3) is 0 Å². The van der Waals surface area contributed by atoms with Crippen LogP contribution in [-0.4, -0.2) is 13.1 Å². The van der Waals surface area contributed by atoms with Gasteiger partial charge in [0.2, 0.25) is 0 Å². The van der Waals surface area contributed by atoms with Crippen molar-refractivity contribution in [3.05, 3.63) is 0 Å². The number of hydrogen-bond acceptors (Lipinski definition) is 1. The third-order valence-corrected chi connectivity index (χ3v) is 6.24. The summed E-state index contributed by atoms with van der Waals surface area (Å²) in [5.41, 5.74) is 0.579. The molecule has 1 nitrogen and oxygen atoms in total. The third kappa shape index (κ3) is 4.98. The predicted octanol–water partition coefficient (Wildman–Crippen LogP) is 5.50. The van der Waals surface area contributed by atoms with Gasteiger partial charge in [0.05, 0.1) is 0 Å². The fourth-order valence-corrected chi connectivity index (χ4v) is 5.33. The Morgan fingerprint density at radius 2 is 1.71 bits per heavy atom. The largest absolute Gasteiger partial charge is 0.316 e. The van der Waals surface area contributed by atoms with Gasteiger partial charge in [0, 0.05) is 0 Å². The van der Waals surface area contributed by atoms with Gasteiger partial charge in [-0.25, -0.2) is 0 Å². The standard InChI is InChI=1S/C20H39N/c1-6-9-21-14-17-7-8-20(4,5)13-19(17)18-11-15(2)10-16(3)12-18/h15-19,21H,6-14H2,1-5H3. The maximum atomic E-state index is 3.72. The van der Waals surface area contributed by atoms with E-state index in [-0.39, 0.29) is 0 Å². The molecule has 124 valence electrons. The van der Waals surface area contributed by atoms with Crippen molar-refractivity contribution in [2.45, 2.75) is 79.6 Å². The fraction of sp³-hybridized carbons (Fsp3) is 1.00. The molecule has 2 saturated carbocycles. The van der Waals surface area contributed by atoms with E-state index in [0.717, 1.165) is 29.6 Å². The highest BCUT2D eigenvalue weighted by Gasteiger charge is 2.40. The second kappa shape index (κ2) is 7.49. The topological polar surface area (TPSA) is 12.0 Å². The van der Waals surface area contributed by atoms with Gasteiger partial charge in [-0.05, 0) is 93.0 Å². The molecule has 0 radical (unpaired) electrons. The second-order valence-electron chi connectivity index (χ2n) is 9.21. The van der Waals surface area contributed by atoms with Gasteiger partial charge < -0.3 is 5.32 Å². The first-order valence-electron chi connectivity index (χ1n) is 9.62. The Labute approximate surface area is 133 Å². The van der Waals surface area contributed by atoms with E-state index in [9.17, 15) is 0 Å². The van der Waals surface area contributed by atoms with Gasteiger partial charge in [-0.3, -0.25) is 0 Å². The van der Waals surface area contributed by atoms with Crippen LogP contribution in [0.25, 0.3) is 0 Å². The summed E-state index contributed by atoms with van der Waals surface area (Å²) < 4.78 is 0. The van der Waals surface area contributed by atoms with Crippen LogP contribution in [0.1, 0.15) is 79.6 Å². The summed E-state index contributed by atoms with van der Waals surface area (Å²) in [5.74, 6) is 4.81. The minimum atomic E-state index is 0.579. The Morgan fingerprint density at radius 1 is 1.05 bits per heavy atom. The highest BCUT2D eigenvalue weighted by Crippen LogP contribution is 2.49. The first-order valence-corrected chi connectivity index (χ1v) is 9.62. The molecule has 0 aromatic carbocycles. The number of hydrogen-bond donors (Lipinski definition) is 1. The Bertz CT molecular complexity index is 299. The average molecular weight is 294 g/mol. The lowest BCUT2D eigenvalue weighted by molar-refractivity contribution is 0.0373. The Hall–Kier alpha value is -0.0400. The van der Waals surface area contributed by atoms with Gasteiger partial charge >= 0.3 is 0 Å². The molecule has 0 heterocycles. The van der Waals surface area contributed by atoms with Crippen molar-refractivity contribution in [3.8, 4) is 0 Å². The molecule has 0 aromatic heterocycles. The van der Waals surface area contributed by atoms with Crippen molar-refractivity contribution in [1.29, 1.82) is 0 Å². The van der Waals surface area contributed by atoms with Crippen LogP contribution in [0, 0.1) is 35.0 Å². The van der Waals surface area contributed by atoms with Crippen LogP contribution in [0.2, 0.25) is 0 Å². The molecule has 1 heteroatoms. The molecule has 21 heavy (non-hydrogen) atoms. The molecule has 0 aromatic rings. The molecule has 0 spiro atoms. The van der Waals surface area contributed by atoms with Crippen molar-refractivity contribution in [2.75, 3.05) is 13.1 Å². The highest BCUT2D eigenvalue weighted by atomic mass is 14.9. The zero-order valence-electron chi connectivity index (χ0n) is 15.3. The van der Waals surface area contributed by atoms with E-state index in [1.807, 2.05) is 0 Å². The Balaban J connectivity index is 2.01. The van der Waals surface area contributed by atoms with Gasteiger partial charge in [-0.1, -0.05) is 34.6 Å². The van der Waals surface area contributed by atoms with Crippen LogP contribution in [0.15, 0.2) is 0 Å². The zero-order chi connectivity index (χ0) is 15.5. The lowest BCUT2D eigenvalue weighted by atomic mass is 9.59. The van der Waals surface area contributed by atoms with Gasteiger partial charge in [-0.2, -0.15) is 0 Å². The van der Waals surface area contributed by atoms with Crippen LogP contribution in [0.3, 0.4) is 0 Å². The minimum Gasteiger partial charge on any atom is -0.316 e. The molecule has 1 N–H and O–H groups in total. The second-order valence-corrected chi connectivity index (χ2v) is 9.21. The van der Waals surface area contributed by atoms with Crippen LogP contribution in [-0.2, 0) is 0 Å². The fourth-order valence-electron chi connectivity index (χ4n) is 5.33. The van der Waals surface area contributed by atoms with E-state index in [2.05, 4.69) is 39.9 Å². The van der Waals surface area contributed by atoms with E-state index >= 15 is 0 Å². The Morgan fingerprint density at radius 3 is 2.33 bits per heavy atom. The Kier molecular flexibility index (Phi) is 6.17. The van der Waals surface area contributed by atoms with Crippen molar-refractivity contribution in [1.82, 2.24) is 5.32 Å². The molecule has 0 amide bonds. The predicted molar refractivity (Wildman–Crippen MR) is 93.4 cm³/mol. The summed E-state index contributed by atoms with van der Waals surface area (Å²) >= 11 is 0. The molecule has 0 bridgehead atoms. The molecule has 2 aliphatic rings. The summed E-state index contributed by atoms with van der Waals surface area (Å²) in [5, 5.41) is 3.72. The number of rotatable bonds is 5. The summed E-state index contributed by atoms with van der Waals surface area (Å²) in [6.07, 6.45) is 10.1. The maximum absolute atomic E-state index is 3.72. The van der Waals surface area contributed by atoms with Crippen molar-refractivity contribution in [2.24, 2.45) is 35.0 Å². The third-order valence-electron chi connectivity index (χ3n) is 6.24. The lowest BCUT2D eigenvalue weighted by Gasteiger charge is -2.47. The van der Waals surface area contributed by atoms with Gasteiger partial charge in [0.15, 0.2) is 0 Å². The average Bonchev–Trinajstić information content (AvgIpc) is 2.39. The summed E-state index contributed by atoms with van der Waals surface area (Å²) in [4.78, 5) is 0. The molecule has 2 fully saturated rings. The maximum Gasteiger partial charge on any atom is -0.00178 e. The van der Waals surface area contributed by atoms with E-state index in [1.54, 1.807) is 0 Å². The zero-order valence-corrected chi connectivity index (χ0v) is 15.3. The smallest absolute Gasteiger partial charge is 0.00178 e. The molecular weight excluding hydrogens is 254 g/mol. The molecule has 4 unspecified atom stereocenters. The summed E-state index contributed by atoms with van der Waals surface area (Å²) in [6, 6.07) is 0.